The smallest absolute Gasteiger partial charge is 0.265 e. The van der Waals surface area contributed by atoms with Crippen LogP contribution >= 0.6 is 11.3 Å². The predicted molar refractivity (Wildman–Crippen MR) is 84.4 cm³/mol. The van der Waals surface area contributed by atoms with Crippen LogP contribution in [0.1, 0.15) is 48.7 Å². The van der Waals surface area contributed by atoms with E-state index in [1.807, 2.05) is 19.0 Å². The normalized spacial score (nSPS) is 23.1. The number of thiazole rings is 1. The summed E-state index contributed by atoms with van der Waals surface area (Å²) in [5, 5.41) is 3.92. The highest BCUT2D eigenvalue weighted by Gasteiger charge is 2.24. The fourth-order valence-corrected chi connectivity index (χ4v) is 3.43. The average molecular weight is 296 g/mol. The zero-order valence-electron chi connectivity index (χ0n) is 12.5. The number of rotatable bonds is 3. The molecule has 0 aromatic carbocycles. The van der Waals surface area contributed by atoms with Crippen LogP contribution in [-0.4, -0.2) is 31.0 Å². The molecule has 1 saturated carbocycles. The Bertz CT molecular complexity index is 472. The second kappa shape index (κ2) is 6.43. The lowest BCUT2D eigenvalue weighted by Gasteiger charge is -2.22. The minimum absolute atomic E-state index is 0.0770. The van der Waals surface area contributed by atoms with E-state index in [4.69, 9.17) is 5.73 Å². The summed E-state index contributed by atoms with van der Waals surface area (Å²) in [7, 11) is 3.79. The standard InChI is InChI=1S/C14H24N4OS/c1-9-7-5-4-6-8-10(9)16-13(19)11-12(15)17-14(20-11)18(2)3/h9-10H,4-8,15H2,1-3H3,(H,16,19). The molecule has 0 bridgehead atoms. The molecule has 2 rings (SSSR count). The summed E-state index contributed by atoms with van der Waals surface area (Å²) in [5.41, 5.74) is 5.86. The van der Waals surface area contributed by atoms with Gasteiger partial charge in [-0.2, -0.15) is 0 Å². The Morgan fingerprint density at radius 2 is 2.05 bits per heavy atom. The fourth-order valence-electron chi connectivity index (χ4n) is 2.62. The van der Waals surface area contributed by atoms with Gasteiger partial charge in [0.05, 0.1) is 0 Å². The van der Waals surface area contributed by atoms with Gasteiger partial charge in [-0.1, -0.05) is 37.5 Å². The Morgan fingerprint density at radius 1 is 1.35 bits per heavy atom. The van der Waals surface area contributed by atoms with Crippen molar-refractivity contribution in [2.75, 3.05) is 24.7 Å². The summed E-state index contributed by atoms with van der Waals surface area (Å²) in [6.07, 6.45) is 5.97. The molecule has 5 nitrogen and oxygen atoms in total. The third kappa shape index (κ3) is 3.42. The molecule has 112 valence electrons. The Balaban J connectivity index is 2.07. The number of anilines is 2. The number of nitrogens with one attached hydrogen (secondary N) is 1. The Kier molecular flexibility index (Phi) is 4.86. The van der Waals surface area contributed by atoms with Crippen molar-refractivity contribution in [1.82, 2.24) is 10.3 Å². The number of nitrogens with two attached hydrogens (primary N) is 1. The van der Waals surface area contributed by atoms with Crippen molar-refractivity contribution in [3.63, 3.8) is 0 Å². The van der Waals surface area contributed by atoms with Gasteiger partial charge in [0.15, 0.2) is 5.13 Å². The molecule has 1 amide bonds. The van der Waals surface area contributed by atoms with Crippen molar-refractivity contribution >= 4 is 28.2 Å². The number of hydrogen-bond acceptors (Lipinski definition) is 5. The van der Waals surface area contributed by atoms with Crippen molar-refractivity contribution in [3.8, 4) is 0 Å². The Morgan fingerprint density at radius 3 is 2.70 bits per heavy atom. The van der Waals surface area contributed by atoms with Crippen LogP contribution in [0.5, 0.6) is 0 Å². The lowest BCUT2D eigenvalue weighted by atomic mass is 9.97. The quantitative estimate of drug-likeness (QED) is 0.841. The maximum absolute atomic E-state index is 12.4. The molecule has 1 aromatic rings. The van der Waals surface area contributed by atoms with Gasteiger partial charge in [-0.3, -0.25) is 4.79 Å². The van der Waals surface area contributed by atoms with Gasteiger partial charge in [0.2, 0.25) is 0 Å². The van der Waals surface area contributed by atoms with Crippen molar-refractivity contribution in [2.45, 2.75) is 45.1 Å². The number of nitrogen functional groups attached to an aromatic ring is 1. The monoisotopic (exact) mass is 296 g/mol. The van der Waals surface area contributed by atoms with Gasteiger partial charge >= 0.3 is 0 Å². The lowest BCUT2D eigenvalue weighted by Crippen LogP contribution is -2.38. The largest absolute Gasteiger partial charge is 0.382 e. The predicted octanol–water partition coefficient (Wildman–Crippen LogP) is 2.49. The zero-order valence-corrected chi connectivity index (χ0v) is 13.3. The molecule has 0 saturated heterocycles. The minimum Gasteiger partial charge on any atom is -0.382 e. The zero-order chi connectivity index (χ0) is 14.7. The Hall–Kier alpha value is -1.30. The highest BCUT2D eigenvalue weighted by atomic mass is 32.1. The molecule has 1 aliphatic carbocycles. The second-order valence-electron chi connectivity index (χ2n) is 5.80. The van der Waals surface area contributed by atoms with Gasteiger partial charge in [0.25, 0.3) is 5.91 Å². The molecule has 6 heteroatoms. The highest BCUT2D eigenvalue weighted by molar-refractivity contribution is 7.18. The van der Waals surface area contributed by atoms with E-state index in [0.717, 1.165) is 11.6 Å². The molecule has 2 atom stereocenters. The maximum Gasteiger partial charge on any atom is 0.265 e. The summed E-state index contributed by atoms with van der Waals surface area (Å²) >= 11 is 1.35. The van der Waals surface area contributed by atoms with E-state index in [2.05, 4.69) is 17.2 Å². The van der Waals surface area contributed by atoms with E-state index in [1.165, 1.54) is 37.0 Å². The summed E-state index contributed by atoms with van der Waals surface area (Å²) in [6, 6.07) is 0.259. The Labute approximate surface area is 124 Å². The van der Waals surface area contributed by atoms with E-state index < -0.39 is 0 Å². The van der Waals surface area contributed by atoms with Crippen LogP contribution in [0.2, 0.25) is 0 Å². The number of carbonyl (C=O) groups excluding carboxylic acids is 1. The minimum atomic E-state index is -0.0770. The van der Waals surface area contributed by atoms with Gasteiger partial charge in [-0.15, -0.1) is 0 Å². The molecule has 20 heavy (non-hydrogen) atoms. The summed E-state index contributed by atoms with van der Waals surface area (Å²) in [4.78, 5) is 19.0. The summed E-state index contributed by atoms with van der Waals surface area (Å²) in [6.45, 7) is 2.22. The maximum atomic E-state index is 12.4. The highest BCUT2D eigenvalue weighted by Crippen LogP contribution is 2.28. The first kappa shape index (κ1) is 15.1. The molecule has 1 heterocycles. The van der Waals surface area contributed by atoms with Gasteiger partial charge in [0.1, 0.15) is 10.7 Å². The molecule has 0 aliphatic heterocycles. The second-order valence-corrected chi connectivity index (χ2v) is 6.78. The van der Waals surface area contributed by atoms with Crippen molar-refractivity contribution < 1.29 is 4.79 Å². The molecule has 2 unspecified atom stereocenters. The average Bonchev–Trinajstić information content (AvgIpc) is 2.68. The number of carbonyl (C=O) groups is 1. The molecule has 0 radical (unpaired) electrons. The van der Waals surface area contributed by atoms with Crippen LogP contribution < -0.4 is 16.0 Å². The van der Waals surface area contributed by atoms with Crippen LogP contribution in [0.15, 0.2) is 0 Å². The molecular weight excluding hydrogens is 272 g/mol. The third-order valence-corrected chi connectivity index (χ3v) is 5.15. The van der Waals surface area contributed by atoms with Crippen LogP contribution in [0, 0.1) is 5.92 Å². The molecule has 0 spiro atoms. The number of nitrogens with zero attached hydrogens (tertiary/aromatic N) is 2. The van der Waals surface area contributed by atoms with Crippen LogP contribution in [-0.2, 0) is 0 Å². The number of aromatic nitrogens is 1. The molecule has 1 fully saturated rings. The molecular formula is C14H24N4OS. The number of hydrogen-bond donors (Lipinski definition) is 2. The van der Waals surface area contributed by atoms with Crippen molar-refractivity contribution in [2.24, 2.45) is 5.92 Å². The van der Waals surface area contributed by atoms with Gasteiger partial charge in [0, 0.05) is 20.1 Å². The van der Waals surface area contributed by atoms with Crippen LogP contribution in [0.25, 0.3) is 0 Å². The van der Waals surface area contributed by atoms with Gasteiger partial charge in [-0.25, -0.2) is 4.98 Å². The van der Waals surface area contributed by atoms with E-state index >= 15 is 0 Å². The van der Waals surface area contributed by atoms with Crippen LogP contribution in [0.3, 0.4) is 0 Å². The van der Waals surface area contributed by atoms with E-state index in [1.54, 1.807) is 0 Å². The topological polar surface area (TPSA) is 71.2 Å². The first-order valence-electron chi connectivity index (χ1n) is 7.23. The first-order valence-corrected chi connectivity index (χ1v) is 8.05. The van der Waals surface area contributed by atoms with E-state index in [-0.39, 0.29) is 11.9 Å². The van der Waals surface area contributed by atoms with Crippen molar-refractivity contribution in [3.05, 3.63) is 4.88 Å². The van der Waals surface area contributed by atoms with E-state index in [0.29, 0.717) is 16.6 Å². The SMILES string of the molecule is CC1CCCCCC1NC(=O)c1sc(N(C)C)nc1N. The summed E-state index contributed by atoms with van der Waals surface area (Å²) in [5.74, 6) is 0.785. The molecule has 1 aliphatic rings. The lowest BCUT2D eigenvalue weighted by molar-refractivity contribution is 0.0926. The molecule has 3 N–H and O–H groups in total. The van der Waals surface area contributed by atoms with Gasteiger partial charge in [-0.05, 0) is 18.8 Å². The number of amides is 1. The molecule has 1 aromatic heterocycles. The van der Waals surface area contributed by atoms with Crippen LogP contribution in [0.4, 0.5) is 10.9 Å². The van der Waals surface area contributed by atoms with E-state index in [9.17, 15) is 4.79 Å². The van der Waals surface area contributed by atoms with Gasteiger partial charge < -0.3 is 16.0 Å². The fraction of sp³-hybridized carbons (Fsp3) is 0.714. The third-order valence-electron chi connectivity index (χ3n) is 3.91. The summed E-state index contributed by atoms with van der Waals surface area (Å²) < 4.78 is 0. The van der Waals surface area contributed by atoms with Crippen molar-refractivity contribution in [1.29, 1.82) is 0 Å². The first-order chi connectivity index (χ1) is 9.49.